The number of methoxy groups -OCH3 is 1. The summed E-state index contributed by atoms with van der Waals surface area (Å²) in [5.41, 5.74) is 3.83. The molecule has 0 unspecified atom stereocenters. The summed E-state index contributed by atoms with van der Waals surface area (Å²) in [4.78, 5) is 17.6. The van der Waals surface area contributed by atoms with E-state index in [0.717, 1.165) is 16.8 Å². The monoisotopic (exact) mass is 419 g/mol. The van der Waals surface area contributed by atoms with Gasteiger partial charge < -0.3 is 9.47 Å². The molecule has 2 heterocycles. The number of nitrogens with zero attached hydrogens (tertiary/aromatic N) is 3. The fourth-order valence-electron chi connectivity index (χ4n) is 3.13. The number of amides is 1. The zero-order valence-electron chi connectivity index (χ0n) is 17.0. The summed E-state index contributed by atoms with van der Waals surface area (Å²) in [6.45, 7) is 4.29. The molecular weight excluding hydrogens is 398 g/mol. The Bertz CT molecular complexity index is 1140. The van der Waals surface area contributed by atoms with Crippen LogP contribution in [0.3, 0.4) is 0 Å². The Labute approximate surface area is 179 Å². The number of hydrazone groups is 1. The molecule has 1 aromatic heterocycles. The number of rotatable bonds is 6. The Morgan fingerprint density at radius 3 is 2.67 bits per heavy atom. The van der Waals surface area contributed by atoms with Crippen LogP contribution in [0.4, 0.5) is 5.13 Å². The molecule has 0 saturated carbocycles. The van der Waals surface area contributed by atoms with E-state index in [0.29, 0.717) is 34.5 Å². The minimum atomic E-state index is -0.200. The zero-order valence-corrected chi connectivity index (χ0v) is 17.8. The van der Waals surface area contributed by atoms with E-state index >= 15 is 0 Å². The third-order valence-electron chi connectivity index (χ3n) is 4.60. The number of benzene rings is 2. The number of carbonyl (C=O) groups excluding carboxylic acids is 1. The minimum Gasteiger partial charge on any atom is -0.493 e. The predicted octanol–water partition coefficient (Wildman–Crippen LogP) is 5.02. The first-order valence-corrected chi connectivity index (χ1v) is 10.4. The topological polar surface area (TPSA) is 64.0 Å². The van der Waals surface area contributed by atoms with Gasteiger partial charge in [-0.15, -0.1) is 11.3 Å². The summed E-state index contributed by atoms with van der Waals surface area (Å²) in [5, 5.41) is 8.28. The van der Waals surface area contributed by atoms with Crippen molar-refractivity contribution in [2.75, 3.05) is 18.7 Å². The second-order valence-electron chi connectivity index (χ2n) is 6.59. The van der Waals surface area contributed by atoms with Crippen molar-refractivity contribution in [3.63, 3.8) is 0 Å². The smallest absolute Gasteiger partial charge is 0.282 e. The number of hydrogen-bond donors (Lipinski definition) is 0. The predicted molar refractivity (Wildman–Crippen MR) is 120 cm³/mol. The fraction of sp³-hybridized carbons (Fsp3) is 0.174. The fourth-order valence-corrected chi connectivity index (χ4v) is 3.91. The highest BCUT2D eigenvalue weighted by Crippen LogP contribution is 2.33. The molecule has 0 atom stereocenters. The summed E-state index contributed by atoms with van der Waals surface area (Å²) in [6, 6.07) is 15.4. The lowest BCUT2D eigenvalue weighted by atomic mass is 10.1. The molecule has 6 nitrogen and oxygen atoms in total. The Kier molecular flexibility index (Phi) is 5.63. The molecule has 30 heavy (non-hydrogen) atoms. The Balaban J connectivity index is 1.60. The van der Waals surface area contributed by atoms with E-state index in [9.17, 15) is 4.79 Å². The summed E-state index contributed by atoms with van der Waals surface area (Å²) in [6.07, 6.45) is 1.81. The van der Waals surface area contributed by atoms with Gasteiger partial charge >= 0.3 is 0 Å². The molecule has 0 fully saturated rings. The Morgan fingerprint density at radius 1 is 1.13 bits per heavy atom. The van der Waals surface area contributed by atoms with E-state index in [-0.39, 0.29) is 5.91 Å². The van der Waals surface area contributed by atoms with Crippen LogP contribution in [0.25, 0.3) is 17.3 Å². The van der Waals surface area contributed by atoms with Gasteiger partial charge in [0.05, 0.1) is 30.7 Å². The molecule has 7 heteroatoms. The number of hydrogen-bond acceptors (Lipinski definition) is 6. The quantitative estimate of drug-likeness (QED) is 0.526. The van der Waals surface area contributed by atoms with Crippen molar-refractivity contribution in [3.05, 3.63) is 65.0 Å². The van der Waals surface area contributed by atoms with Crippen LogP contribution in [0.5, 0.6) is 11.5 Å². The summed E-state index contributed by atoms with van der Waals surface area (Å²) < 4.78 is 11.0. The average Bonchev–Trinajstić information content (AvgIpc) is 3.36. The third kappa shape index (κ3) is 3.84. The van der Waals surface area contributed by atoms with Gasteiger partial charge in [0.25, 0.3) is 5.91 Å². The van der Waals surface area contributed by atoms with Crippen LogP contribution >= 0.6 is 11.3 Å². The van der Waals surface area contributed by atoms with E-state index in [1.54, 1.807) is 7.11 Å². The van der Waals surface area contributed by atoms with E-state index in [4.69, 9.17) is 9.47 Å². The molecular formula is C23H21N3O3S. The molecule has 1 aliphatic heterocycles. The van der Waals surface area contributed by atoms with E-state index in [1.165, 1.54) is 16.3 Å². The summed E-state index contributed by atoms with van der Waals surface area (Å²) >= 11 is 1.39. The summed E-state index contributed by atoms with van der Waals surface area (Å²) in [5.74, 6) is 1.09. The van der Waals surface area contributed by atoms with Crippen molar-refractivity contribution < 1.29 is 14.3 Å². The van der Waals surface area contributed by atoms with Gasteiger partial charge in [0.1, 0.15) is 0 Å². The van der Waals surface area contributed by atoms with Crippen LogP contribution in [0, 0.1) is 0 Å². The van der Waals surface area contributed by atoms with Crippen LogP contribution in [0.2, 0.25) is 0 Å². The third-order valence-corrected chi connectivity index (χ3v) is 5.42. The molecule has 4 rings (SSSR count). The first-order valence-electron chi connectivity index (χ1n) is 9.54. The minimum absolute atomic E-state index is 0.200. The second-order valence-corrected chi connectivity index (χ2v) is 7.42. The average molecular weight is 420 g/mol. The van der Waals surface area contributed by atoms with Crippen molar-refractivity contribution >= 4 is 34.2 Å². The van der Waals surface area contributed by atoms with Gasteiger partial charge in [-0.05, 0) is 37.6 Å². The first kappa shape index (κ1) is 19.8. The highest BCUT2D eigenvalue weighted by atomic mass is 32.1. The highest BCUT2D eigenvalue weighted by molar-refractivity contribution is 7.14. The van der Waals surface area contributed by atoms with E-state index < -0.39 is 0 Å². The molecule has 1 aliphatic rings. The van der Waals surface area contributed by atoms with Gasteiger partial charge in [0, 0.05) is 10.9 Å². The van der Waals surface area contributed by atoms with Gasteiger partial charge in [-0.3, -0.25) is 4.79 Å². The van der Waals surface area contributed by atoms with Crippen molar-refractivity contribution in [1.29, 1.82) is 0 Å². The SMILES string of the molecule is CCOc1ccc(/C=C2/C(=O)N(c3nc(-c4ccccc4)cs3)N=C2C)cc1OC. The maximum Gasteiger partial charge on any atom is 0.282 e. The highest BCUT2D eigenvalue weighted by Gasteiger charge is 2.30. The molecule has 1 amide bonds. The Hall–Kier alpha value is -3.45. The van der Waals surface area contributed by atoms with Gasteiger partial charge in [0.2, 0.25) is 5.13 Å². The van der Waals surface area contributed by atoms with Crippen LogP contribution in [-0.4, -0.2) is 30.3 Å². The van der Waals surface area contributed by atoms with Crippen molar-refractivity contribution in [3.8, 4) is 22.8 Å². The van der Waals surface area contributed by atoms with Crippen LogP contribution in [-0.2, 0) is 4.79 Å². The Morgan fingerprint density at radius 2 is 1.93 bits per heavy atom. The number of ether oxygens (including phenoxy) is 2. The first-order chi connectivity index (χ1) is 14.6. The molecule has 3 aromatic rings. The van der Waals surface area contributed by atoms with E-state index in [2.05, 4.69) is 10.1 Å². The molecule has 0 spiro atoms. The normalized spacial score (nSPS) is 14.9. The van der Waals surface area contributed by atoms with Gasteiger partial charge in [-0.1, -0.05) is 36.4 Å². The molecule has 0 radical (unpaired) electrons. The van der Waals surface area contributed by atoms with E-state index in [1.807, 2.05) is 73.8 Å². The maximum absolute atomic E-state index is 13.0. The molecule has 0 saturated heterocycles. The van der Waals surface area contributed by atoms with Crippen LogP contribution < -0.4 is 14.5 Å². The largest absolute Gasteiger partial charge is 0.493 e. The number of anilines is 1. The van der Waals surface area contributed by atoms with Crippen LogP contribution in [0.1, 0.15) is 19.4 Å². The molecule has 0 N–H and O–H groups in total. The molecule has 152 valence electrons. The van der Waals surface area contributed by atoms with Gasteiger partial charge in [-0.25, -0.2) is 4.98 Å². The lowest BCUT2D eigenvalue weighted by Gasteiger charge is -2.10. The lowest BCUT2D eigenvalue weighted by molar-refractivity contribution is -0.114. The molecule has 0 bridgehead atoms. The number of carbonyl (C=O) groups is 1. The number of aromatic nitrogens is 1. The van der Waals surface area contributed by atoms with Gasteiger partial charge in [-0.2, -0.15) is 10.1 Å². The molecule has 0 aliphatic carbocycles. The van der Waals surface area contributed by atoms with Crippen molar-refractivity contribution in [2.45, 2.75) is 13.8 Å². The maximum atomic E-state index is 13.0. The van der Waals surface area contributed by atoms with Crippen LogP contribution in [0.15, 0.2) is 64.6 Å². The van der Waals surface area contributed by atoms with Gasteiger partial charge in [0.15, 0.2) is 11.5 Å². The summed E-state index contributed by atoms with van der Waals surface area (Å²) in [7, 11) is 1.59. The molecule has 2 aromatic carbocycles. The van der Waals surface area contributed by atoms with Crippen molar-refractivity contribution in [1.82, 2.24) is 4.98 Å². The standard InChI is InChI=1S/C23H21N3O3S/c1-4-29-20-11-10-16(13-21(20)28-3)12-18-15(2)25-26(22(18)27)23-24-19(14-30-23)17-8-6-5-7-9-17/h5-14H,4H2,1-3H3/b18-12+. The second kappa shape index (κ2) is 8.51. The number of thiazole rings is 1. The zero-order chi connectivity index (χ0) is 21.1. The van der Waals surface area contributed by atoms with Crippen molar-refractivity contribution in [2.24, 2.45) is 5.10 Å². The lowest BCUT2D eigenvalue weighted by Crippen LogP contribution is -2.21.